The van der Waals surface area contributed by atoms with Gasteiger partial charge in [-0.25, -0.2) is 0 Å². The second kappa shape index (κ2) is 9.52. The summed E-state index contributed by atoms with van der Waals surface area (Å²) in [7, 11) is 0. The van der Waals surface area contributed by atoms with Gasteiger partial charge in [0.2, 0.25) is 5.91 Å². The number of hydrogen-bond acceptors (Lipinski definition) is 3. The summed E-state index contributed by atoms with van der Waals surface area (Å²) in [6.45, 7) is 7.34. The highest BCUT2D eigenvalue weighted by molar-refractivity contribution is 6.30. The Morgan fingerprint density at radius 3 is 2.27 bits per heavy atom. The summed E-state index contributed by atoms with van der Waals surface area (Å²) >= 11 is 6.13. The Bertz CT molecular complexity index is 880. The number of carbonyl (C=O) groups excluding carboxylic acids is 1. The first-order valence-electron chi connectivity index (χ1n) is 10.3. The predicted molar refractivity (Wildman–Crippen MR) is 120 cm³/mol. The van der Waals surface area contributed by atoms with Crippen molar-refractivity contribution in [1.82, 2.24) is 4.90 Å². The number of aliphatic carboxylic acids is 1. The maximum absolute atomic E-state index is 12.7. The fourth-order valence-electron chi connectivity index (χ4n) is 4.20. The van der Waals surface area contributed by atoms with E-state index in [-0.39, 0.29) is 18.0 Å². The van der Waals surface area contributed by atoms with Crippen LogP contribution in [0.15, 0.2) is 48.5 Å². The Balaban J connectivity index is 2.03. The van der Waals surface area contributed by atoms with Crippen LogP contribution in [0.3, 0.4) is 0 Å². The molecule has 6 heteroatoms. The van der Waals surface area contributed by atoms with Crippen LogP contribution >= 0.6 is 11.6 Å². The lowest BCUT2D eigenvalue weighted by Gasteiger charge is -2.49. The van der Waals surface area contributed by atoms with Crippen molar-refractivity contribution >= 4 is 29.2 Å². The number of rotatable bonds is 6. The smallest absolute Gasteiger partial charge is 0.312 e. The number of halogens is 1. The molecule has 0 saturated carbocycles. The third-order valence-corrected chi connectivity index (χ3v) is 5.79. The Hall–Kier alpha value is -2.53. The normalized spacial score (nSPS) is 19.2. The number of piperazine rings is 1. The molecule has 30 heavy (non-hydrogen) atoms. The van der Waals surface area contributed by atoms with Gasteiger partial charge in [-0.05, 0) is 49.1 Å². The lowest BCUT2D eigenvalue weighted by Crippen LogP contribution is -2.57. The lowest BCUT2D eigenvalue weighted by atomic mass is 9.92. The Morgan fingerprint density at radius 1 is 1.07 bits per heavy atom. The summed E-state index contributed by atoms with van der Waals surface area (Å²) < 4.78 is 0. The molecule has 1 aliphatic rings. The van der Waals surface area contributed by atoms with Crippen LogP contribution in [0, 0.1) is 12.8 Å². The van der Waals surface area contributed by atoms with E-state index < -0.39 is 12.4 Å². The molecule has 2 aromatic carbocycles. The molecular formula is C24H29ClN2O3. The van der Waals surface area contributed by atoms with Crippen molar-refractivity contribution in [1.29, 1.82) is 0 Å². The van der Waals surface area contributed by atoms with Gasteiger partial charge in [0.25, 0.3) is 0 Å². The van der Waals surface area contributed by atoms with Crippen LogP contribution < -0.4 is 4.90 Å². The maximum Gasteiger partial charge on any atom is 0.312 e. The SMILES string of the molecule is Cc1ccc(C2CN(C(=O)CC(=O)O)CC(CC(C)C)N2c2ccc(Cl)cc2)cc1. The van der Waals surface area contributed by atoms with Crippen LogP contribution in [0.2, 0.25) is 5.02 Å². The van der Waals surface area contributed by atoms with Crippen LogP contribution in [0.25, 0.3) is 0 Å². The molecule has 0 spiro atoms. The summed E-state index contributed by atoms with van der Waals surface area (Å²) in [4.78, 5) is 27.9. The Labute approximate surface area is 183 Å². The first kappa shape index (κ1) is 22.2. The molecule has 2 unspecified atom stereocenters. The molecule has 0 bridgehead atoms. The number of anilines is 1. The monoisotopic (exact) mass is 428 g/mol. The molecular weight excluding hydrogens is 400 g/mol. The fraction of sp³-hybridized carbons (Fsp3) is 0.417. The van der Waals surface area contributed by atoms with Gasteiger partial charge in [0.1, 0.15) is 6.42 Å². The molecule has 0 aromatic heterocycles. The van der Waals surface area contributed by atoms with Crippen molar-refractivity contribution in [3.8, 4) is 0 Å². The van der Waals surface area contributed by atoms with Gasteiger partial charge in [-0.15, -0.1) is 0 Å². The average Bonchev–Trinajstić information content (AvgIpc) is 2.68. The van der Waals surface area contributed by atoms with Gasteiger partial charge >= 0.3 is 5.97 Å². The molecule has 0 aliphatic carbocycles. The Kier molecular flexibility index (Phi) is 7.03. The molecule has 2 atom stereocenters. The third-order valence-electron chi connectivity index (χ3n) is 5.54. The van der Waals surface area contributed by atoms with Gasteiger partial charge in [0, 0.05) is 29.8 Å². The number of nitrogens with zero attached hydrogens (tertiary/aromatic N) is 2. The first-order valence-corrected chi connectivity index (χ1v) is 10.7. The number of carbonyl (C=O) groups is 2. The largest absolute Gasteiger partial charge is 0.481 e. The summed E-state index contributed by atoms with van der Waals surface area (Å²) in [6.07, 6.45) is 0.414. The number of carboxylic acids is 1. The van der Waals surface area contributed by atoms with Gasteiger partial charge in [0.05, 0.1) is 6.04 Å². The van der Waals surface area contributed by atoms with Crippen LogP contribution in [0.1, 0.15) is 43.9 Å². The van der Waals surface area contributed by atoms with Gasteiger partial charge < -0.3 is 14.9 Å². The van der Waals surface area contributed by atoms with Crippen molar-refractivity contribution in [2.75, 3.05) is 18.0 Å². The molecule has 1 aliphatic heterocycles. The number of aryl methyl sites for hydroxylation is 1. The van der Waals surface area contributed by atoms with Crippen molar-refractivity contribution < 1.29 is 14.7 Å². The molecule has 5 nitrogen and oxygen atoms in total. The van der Waals surface area contributed by atoms with E-state index in [0.717, 1.165) is 17.7 Å². The maximum atomic E-state index is 12.7. The van der Waals surface area contributed by atoms with Crippen LogP contribution in [-0.4, -0.2) is 41.0 Å². The number of benzene rings is 2. The molecule has 1 N–H and O–H groups in total. The molecule has 0 radical (unpaired) electrons. The molecule has 2 aromatic rings. The van der Waals surface area contributed by atoms with E-state index in [1.54, 1.807) is 4.90 Å². The van der Waals surface area contributed by atoms with Gasteiger partial charge in [-0.3, -0.25) is 9.59 Å². The van der Waals surface area contributed by atoms with Crippen molar-refractivity contribution in [2.45, 2.75) is 45.7 Å². The molecule has 3 rings (SSSR count). The zero-order valence-corrected chi connectivity index (χ0v) is 18.5. The summed E-state index contributed by atoms with van der Waals surface area (Å²) in [5, 5.41) is 9.81. The van der Waals surface area contributed by atoms with E-state index in [1.807, 2.05) is 31.2 Å². The van der Waals surface area contributed by atoms with Gasteiger partial charge in [-0.2, -0.15) is 0 Å². The van der Waals surface area contributed by atoms with Crippen molar-refractivity contribution in [2.24, 2.45) is 5.92 Å². The van der Waals surface area contributed by atoms with E-state index in [4.69, 9.17) is 16.7 Å². The lowest BCUT2D eigenvalue weighted by molar-refractivity contribution is -0.144. The van der Waals surface area contributed by atoms with E-state index >= 15 is 0 Å². The average molecular weight is 429 g/mol. The zero-order valence-electron chi connectivity index (χ0n) is 17.7. The quantitative estimate of drug-likeness (QED) is 0.663. The second-order valence-electron chi connectivity index (χ2n) is 8.46. The van der Waals surface area contributed by atoms with E-state index in [2.05, 4.69) is 43.0 Å². The summed E-state index contributed by atoms with van der Waals surface area (Å²) in [5.41, 5.74) is 3.34. The number of carboxylic acid groups (broad SMARTS) is 1. The second-order valence-corrected chi connectivity index (χ2v) is 8.90. The molecule has 1 saturated heterocycles. The highest BCUT2D eigenvalue weighted by atomic mass is 35.5. The standard InChI is InChI=1S/C24H29ClN2O3/c1-16(2)12-21-14-26(23(28)13-24(29)30)15-22(18-6-4-17(3)5-7-18)27(21)20-10-8-19(25)9-11-20/h4-11,16,21-22H,12-15H2,1-3H3,(H,29,30). The third kappa shape index (κ3) is 5.33. The zero-order chi connectivity index (χ0) is 21.8. The predicted octanol–water partition coefficient (Wildman–Crippen LogP) is 4.93. The molecule has 160 valence electrons. The minimum atomic E-state index is -1.09. The minimum Gasteiger partial charge on any atom is -0.481 e. The molecule has 1 fully saturated rings. The number of hydrogen-bond donors (Lipinski definition) is 1. The number of amides is 1. The van der Waals surface area contributed by atoms with Crippen molar-refractivity contribution in [3.05, 3.63) is 64.7 Å². The first-order chi connectivity index (χ1) is 14.2. The van der Waals surface area contributed by atoms with E-state index in [1.165, 1.54) is 5.56 Å². The molecule has 1 amide bonds. The van der Waals surface area contributed by atoms with E-state index in [0.29, 0.717) is 24.0 Å². The van der Waals surface area contributed by atoms with Crippen LogP contribution in [-0.2, 0) is 9.59 Å². The summed E-state index contributed by atoms with van der Waals surface area (Å²) in [6, 6.07) is 16.2. The van der Waals surface area contributed by atoms with Gasteiger partial charge in [0.15, 0.2) is 0 Å². The van der Waals surface area contributed by atoms with E-state index in [9.17, 15) is 9.59 Å². The summed E-state index contributed by atoms with van der Waals surface area (Å²) in [5.74, 6) is -0.991. The van der Waals surface area contributed by atoms with Crippen LogP contribution in [0.5, 0.6) is 0 Å². The molecule has 1 heterocycles. The van der Waals surface area contributed by atoms with Gasteiger partial charge in [-0.1, -0.05) is 55.3 Å². The van der Waals surface area contributed by atoms with Crippen molar-refractivity contribution in [3.63, 3.8) is 0 Å². The topological polar surface area (TPSA) is 60.9 Å². The highest BCUT2D eigenvalue weighted by Crippen LogP contribution is 2.36. The van der Waals surface area contributed by atoms with Crippen LogP contribution in [0.4, 0.5) is 5.69 Å². The Morgan fingerprint density at radius 2 is 1.70 bits per heavy atom. The highest BCUT2D eigenvalue weighted by Gasteiger charge is 2.37. The fourth-order valence-corrected chi connectivity index (χ4v) is 4.33. The minimum absolute atomic E-state index is 0.0676.